The van der Waals surface area contributed by atoms with Gasteiger partial charge in [0.25, 0.3) is 0 Å². The van der Waals surface area contributed by atoms with Crippen LogP contribution in [0.4, 0.5) is 5.69 Å². The molecule has 0 spiro atoms. The average molecular weight is 246 g/mol. The van der Waals surface area contributed by atoms with Gasteiger partial charge in [-0.05, 0) is 30.5 Å². The Labute approximate surface area is 109 Å². The van der Waals surface area contributed by atoms with Gasteiger partial charge in [-0.25, -0.2) is 0 Å². The second-order valence-electron chi connectivity index (χ2n) is 5.15. The van der Waals surface area contributed by atoms with E-state index in [4.69, 9.17) is 10.8 Å². The summed E-state index contributed by atoms with van der Waals surface area (Å²) in [6.07, 6.45) is 4.33. The van der Waals surface area contributed by atoms with Crippen LogP contribution in [-0.2, 0) is 5.41 Å². The molecule has 0 unspecified atom stereocenters. The number of aliphatic hydroxyl groups excluding tert-OH is 1. The van der Waals surface area contributed by atoms with Gasteiger partial charge >= 0.3 is 0 Å². The fourth-order valence-electron chi connectivity index (χ4n) is 2.51. The normalized spacial score (nSPS) is 16.8. The Balaban J connectivity index is 2.06. The van der Waals surface area contributed by atoms with Crippen molar-refractivity contribution in [1.82, 2.24) is 4.90 Å². The van der Waals surface area contributed by atoms with E-state index < -0.39 is 0 Å². The van der Waals surface area contributed by atoms with Gasteiger partial charge in [-0.1, -0.05) is 18.2 Å². The molecule has 1 aliphatic rings. The van der Waals surface area contributed by atoms with E-state index in [-0.39, 0.29) is 12.0 Å². The van der Waals surface area contributed by atoms with Crippen molar-refractivity contribution in [3.63, 3.8) is 0 Å². The van der Waals surface area contributed by atoms with Gasteiger partial charge in [0.1, 0.15) is 0 Å². The number of hydrogen-bond donors (Lipinski definition) is 2. The number of anilines is 1. The summed E-state index contributed by atoms with van der Waals surface area (Å²) in [6, 6.07) is 8.21. The Hall–Kier alpha value is -1.32. The van der Waals surface area contributed by atoms with E-state index in [2.05, 4.69) is 23.6 Å². The monoisotopic (exact) mass is 246 g/mol. The van der Waals surface area contributed by atoms with E-state index in [1.165, 1.54) is 18.4 Å². The van der Waals surface area contributed by atoms with Crippen LogP contribution in [0.5, 0.6) is 0 Å². The highest BCUT2D eigenvalue weighted by molar-refractivity contribution is 5.43. The Kier molecular flexibility index (Phi) is 4.04. The number of nitrogens with two attached hydrogens (primary N) is 1. The Morgan fingerprint density at radius 2 is 2.00 bits per heavy atom. The first-order valence-electron chi connectivity index (χ1n) is 6.50. The van der Waals surface area contributed by atoms with E-state index in [9.17, 15) is 0 Å². The molecule has 3 N–H and O–H groups in total. The van der Waals surface area contributed by atoms with Gasteiger partial charge in [-0.15, -0.1) is 6.58 Å². The highest BCUT2D eigenvalue weighted by atomic mass is 16.3. The van der Waals surface area contributed by atoms with E-state index in [1.54, 1.807) is 0 Å². The maximum absolute atomic E-state index is 9.10. The molecule has 1 aromatic carbocycles. The van der Waals surface area contributed by atoms with Crippen molar-refractivity contribution >= 4 is 5.69 Å². The molecular formula is C15H22N2O. The van der Waals surface area contributed by atoms with Gasteiger partial charge < -0.3 is 10.8 Å². The quantitative estimate of drug-likeness (QED) is 0.569. The average Bonchev–Trinajstić information content (AvgIpc) is 3.11. The molecule has 0 atom stereocenters. The molecule has 0 saturated heterocycles. The van der Waals surface area contributed by atoms with Crippen molar-refractivity contribution in [1.29, 1.82) is 0 Å². The fourth-order valence-corrected chi connectivity index (χ4v) is 2.51. The topological polar surface area (TPSA) is 49.5 Å². The lowest BCUT2D eigenvalue weighted by atomic mass is 9.95. The minimum atomic E-state index is 0.200. The first-order chi connectivity index (χ1) is 8.70. The Bertz CT molecular complexity index is 395. The zero-order valence-electron chi connectivity index (χ0n) is 10.8. The number of nitrogens with zero attached hydrogens (tertiary/aromatic N) is 1. The first kappa shape index (κ1) is 13.1. The van der Waals surface area contributed by atoms with Crippen LogP contribution >= 0.6 is 0 Å². The predicted octanol–water partition coefficient (Wildman–Crippen LogP) is 1.78. The van der Waals surface area contributed by atoms with E-state index in [1.807, 2.05) is 18.2 Å². The minimum Gasteiger partial charge on any atom is -0.399 e. The number of benzene rings is 1. The minimum absolute atomic E-state index is 0.200. The molecule has 1 fully saturated rings. The lowest BCUT2D eigenvalue weighted by Crippen LogP contribution is -2.34. The smallest absolute Gasteiger partial charge is 0.0558 e. The molecule has 0 aliphatic heterocycles. The number of rotatable bonds is 7. The van der Waals surface area contributed by atoms with Gasteiger partial charge in [-0.2, -0.15) is 0 Å². The van der Waals surface area contributed by atoms with Crippen molar-refractivity contribution in [3.8, 4) is 0 Å². The van der Waals surface area contributed by atoms with Crippen LogP contribution in [0.1, 0.15) is 18.4 Å². The maximum Gasteiger partial charge on any atom is 0.0558 e. The van der Waals surface area contributed by atoms with Gasteiger partial charge in [-0.3, -0.25) is 4.90 Å². The predicted molar refractivity (Wildman–Crippen MR) is 75.5 cm³/mol. The molecule has 1 aliphatic carbocycles. The standard InChI is InChI=1S/C15H22N2O/c1-2-9-17(10-11-18)12-15(7-8-15)13-3-5-14(16)6-4-13/h2-6,18H,1,7-12,16H2. The molecule has 1 aromatic rings. The third-order valence-corrected chi connectivity index (χ3v) is 3.71. The van der Waals surface area contributed by atoms with E-state index in [0.29, 0.717) is 6.54 Å². The lowest BCUT2D eigenvalue weighted by molar-refractivity contribution is 0.197. The third kappa shape index (κ3) is 2.92. The molecule has 3 nitrogen and oxygen atoms in total. The molecule has 1 saturated carbocycles. The van der Waals surface area contributed by atoms with Gasteiger partial charge in [0.15, 0.2) is 0 Å². The summed E-state index contributed by atoms with van der Waals surface area (Å²) >= 11 is 0. The van der Waals surface area contributed by atoms with Crippen LogP contribution in [0.3, 0.4) is 0 Å². The van der Waals surface area contributed by atoms with Crippen LogP contribution in [0.15, 0.2) is 36.9 Å². The molecular weight excluding hydrogens is 224 g/mol. The van der Waals surface area contributed by atoms with E-state index in [0.717, 1.165) is 18.8 Å². The van der Waals surface area contributed by atoms with Gasteiger partial charge in [0.2, 0.25) is 0 Å². The summed E-state index contributed by atoms with van der Waals surface area (Å²) in [4.78, 5) is 2.26. The van der Waals surface area contributed by atoms with Gasteiger partial charge in [0, 0.05) is 30.7 Å². The second-order valence-corrected chi connectivity index (χ2v) is 5.15. The van der Waals surface area contributed by atoms with Crippen LogP contribution in [0.25, 0.3) is 0 Å². The Morgan fingerprint density at radius 3 is 2.50 bits per heavy atom. The summed E-state index contributed by atoms with van der Waals surface area (Å²) in [7, 11) is 0. The van der Waals surface area contributed by atoms with Crippen molar-refractivity contribution in [3.05, 3.63) is 42.5 Å². The number of nitrogen functional groups attached to an aromatic ring is 1. The van der Waals surface area contributed by atoms with Crippen molar-refractivity contribution in [2.24, 2.45) is 0 Å². The summed E-state index contributed by atoms with van der Waals surface area (Å²) in [5.41, 5.74) is 8.18. The SMILES string of the molecule is C=CCN(CCO)CC1(c2ccc(N)cc2)CC1. The van der Waals surface area contributed by atoms with Crippen molar-refractivity contribution < 1.29 is 5.11 Å². The highest BCUT2D eigenvalue weighted by Gasteiger charge is 2.44. The lowest BCUT2D eigenvalue weighted by Gasteiger charge is -2.26. The zero-order valence-corrected chi connectivity index (χ0v) is 10.8. The van der Waals surface area contributed by atoms with Gasteiger partial charge in [0.05, 0.1) is 6.61 Å². The molecule has 2 rings (SSSR count). The number of aliphatic hydroxyl groups is 1. The van der Waals surface area contributed by atoms with Crippen LogP contribution in [0, 0.1) is 0 Å². The molecule has 3 heteroatoms. The summed E-state index contributed by atoms with van der Waals surface area (Å²) in [5, 5.41) is 9.10. The fraction of sp³-hybridized carbons (Fsp3) is 0.467. The summed E-state index contributed by atoms with van der Waals surface area (Å²) in [6.45, 7) is 6.51. The molecule has 98 valence electrons. The van der Waals surface area contributed by atoms with Crippen LogP contribution < -0.4 is 5.73 Å². The molecule has 0 aromatic heterocycles. The van der Waals surface area contributed by atoms with Crippen molar-refractivity contribution in [2.75, 3.05) is 32.0 Å². The largest absolute Gasteiger partial charge is 0.399 e. The van der Waals surface area contributed by atoms with Crippen LogP contribution in [0.2, 0.25) is 0 Å². The molecule has 0 amide bonds. The highest BCUT2D eigenvalue weighted by Crippen LogP contribution is 2.48. The summed E-state index contributed by atoms with van der Waals surface area (Å²) < 4.78 is 0. The molecule has 0 heterocycles. The summed E-state index contributed by atoms with van der Waals surface area (Å²) in [5.74, 6) is 0. The zero-order chi connectivity index (χ0) is 13.0. The molecule has 18 heavy (non-hydrogen) atoms. The molecule has 0 bridgehead atoms. The van der Waals surface area contributed by atoms with Crippen molar-refractivity contribution in [2.45, 2.75) is 18.3 Å². The number of hydrogen-bond acceptors (Lipinski definition) is 3. The third-order valence-electron chi connectivity index (χ3n) is 3.71. The first-order valence-corrected chi connectivity index (χ1v) is 6.50. The van der Waals surface area contributed by atoms with E-state index >= 15 is 0 Å². The second kappa shape index (κ2) is 5.55. The van der Waals surface area contributed by atoms with Crippen LogP contribution in [-0.4, -0.2) is 36.2 Å². The maximum atomic E-state index is 9.10. The molecule has 0 radical (unpaired) electrons. The Morgan fingerprint density at radius 1 is 1.33 bits per heavy atom.